The lowest BCUT2D eigenvalue weighted by atomic mass is 10.0. The Morgan fingerprint density at radius 3 is 1.38 bits per heavy atom. The Balaban J connectivity index is 4.31. The van der Waals surface area contributed by atoms with Crippen molar-refractivity contribution < 1.29 is 32.9 Å². The second-order valence-electron chi connectivity index (χ2n) is 18.9. The number of allylic oxidation sites excluding steroid dienone is 10. The third kappa shape index (κ3) is 48.0. The summed E-state index contributed by atoms with van der Waals surface area (Å²) in [6.07, 6.45) is 59.8. The van der Waals surface area contributed by atoms with E-state index in [0.29, 0.717) is 23.9 Å². The predicted molar refractivity (Wildman–Crippen MR) is 272 cm³/mol. The van der Waals surface area contributed by atoms with Gasteiger partial charge in [-0.2, -0.15) is 0 Å². The van der Waals surface area contributed by atoms with E-state index in [0.717, 1.165) is 77.0 Å². The molecular formula is C54H102N2O6P+. The number of nitrogens with zero attached hydrogens (tertiary/aromatic N) is 1. The quantitative estimate of drug-likeness (QED) is 0.0243. The highest BCUT2D eigenvalue weighted by Crippen LogP contribution is 2.43. The summed E-state index contributed by atoms with van der Waals surface area (Å²) < 4.78 is 23.7. The largest absolute Gasteiger partial charge is 0.472 e. The minimum atomic E-state index is -4.33. The minimum Gasteiger partial charge on any atom is -0.391 e. The van der Waals surface area contributed by atoms with Crippen LogP contribution < -0.4 is 5.32 Å². The van der Waals surface area contributed by atoms with E-state index < -0.39 is 20.0 Å². The number of unbranched alkanes of at least 4 members (excludes halogenated alkanes) is 24. The van der Waals surface area contributed by atoms with Crippen LogP contribution in [-0.4, -0.2) is 73.4 Å². The summed E-state index contributed by atoms with van der Waals surface area (Å²) in [6, 6.07) is -0.781. The first-order valence-corrected chi connectivity index (χ1v) is 27.6. The highest BCUT2D eigenvalue weighted by Gasteiger charge is 2.28. The number of nitrogens with one attached hydrogen (secondary N) is 1. The molecule has 3 atom stereocenters. The number of aliphatic hydroxyl groups excluding tert-OH is 1. The molecule has 0 saturated heterocycles. The van der Waals surface area contributed by atoms with Crippen molar-refractivity contribution in [2.45, 2.75) is 238 Å². The van der Waals surface area contributed by atoms with Gasteiger partial charge in [-0.1, -0.05) is 222 Å². The molecule has 8 nitrogen and oxygen atoms in total. The lowest BCUT2D eigenvalue weighted by Crippen LogP contribution is -2.46. The summed E-state index contributed by atoms with van der Waals surface area (Å²) >= 11 is 0. The number of rotatable bonds is 47. The van der Waals surface area contributed by atoms with Crippen LogP contribution in [-0.2, 0) is 18.4 Å². The molecule has 0 aromatic heterocycles. The minimum absolute atomic E-state index is 0.0654. The van der Waals surface area contributed by atoms with Gasteiger partial charge in [0.25, 0.3) is 0 Å². The molecule has 3 N–H and O–H groups in total. The van der Waals surface area contributed by atoms with Crippen LogP contribution in [0.5, 0.6) is 0 Å². The van der Waals surface area contributed by atoms with Crippen molar-refractivity contribution in [2.75, 3.05) is 40.9 Å². The Morgan fingerprint density at radius 2 is 0.952 bits per heavy atom. The molecule has 0 bridgehead atoms. The van der Waals surface area contributed by atoms with Gasteiger partial charge in [-0.05, 0) is 57.8 Å². The van der Waals surface area contributed by atoms with Crippen LogP contribution in [0.4, 0.5) is 0 Å². The molecule has 0 aromatic carbocycles. The van der Waals surface area contributed by atoms with Gasteiger partial charge in [-0.25, -0.2) is 4.57 Å². The van der Waals surface area contributed by atoms with Gasteiger partial charge >= 0.3 is 7.82 Å². The Hall–Kier alpha value is -1.80. The molecule has 0 rings (SSSR count). The van der Waals surface area contributed by atoms with Gasteiger partial charge in [0, 0.05) is 6.42 Å². The second kappa shape index (κ2) is 45.4. The van der Waals surface area contributed by atoms with Crippen molar-refractivity contribution in [2.24, 2.45) is 0 Å². The van der Waals surface area contributed by atoms with Gasteiger partial charge in [0.2, 0.25) is 5.91 Å². The van der Waals surface area contributed by atoms with E-state index in [-0.39, 0.29) is 19.1 Å². The van der Waals surface area contributed by atoms with Crippen molar-refractivity contribution in [1.29, 1.82) is 0 Å². The first-order chi connectivity index (χ1) is 30.5. The maximum atomic E-state index is 12.9. The van der Waals surface area contributed by atoms with E-state index in [4.69, 9.17) is 9.05 Å². The second-order valence-corrected chi connectivity index (χ2v) is 20.3. The predicted octanol–water partition coefficient (Wildman–Crippen LogP) is 15.4. The topological polar surface area (TPSA) is 105 Å². The van der Waals surface area contributed by atoms with Crippen LogP contribution in [0.25, 0.3) is 0 Å². The molecule has 1 amide bonds. The van der Waals surface area contributed by atoms with E-state index in [9.17, 15) is 19.4 Å². The monoisotopic (exact) mass is 906 g/mol. The van der Waals surface area contributed by atoms with Crippen LogP contribution in [0.1, 0.15) is 226 Å². The molecule has 0 heterocycles. The molecular weight excluding hydrogens is 804 g/mol. The third-order valence-corrected chi connectivity index (χ3v) is 12.5. The van der Waals surface area contributed by atoms with Crippen LogP contribution in [0.15, 0.2) is 60.8 Å². The van der Waals surface area contributed by atoms with Gasteiger partial charge in [-0.15, -0.1) is 0 Å². The number of quaternary nitrogens is 1. The maximum absolute atomic E-state index is 12.9. The number of hydrogen-bond donors (Lipinski definition) is 3. The van der Waals surface area contributed by atoms with Crippen LogP contribution in [0.3, 0.4) is 0 Å². The van der Waals surface area contributed by atoms with Crippen molar-refractivity contribution in [3.63, 3.8) is 0 Å². The molecule has 0 radical (unpaired) electrons. The number of carbonyl (C=O) groups excluding carboxylic acids is 1. The summed E-state index contributed by atoms with van der Waals surface area (Å²) in [7, 11) is 1.59. The van der Waals surface area contributed by atoms with Gasteiger partial charge in [0.1, 0.15) is 13.2 Å². The zero-order valence-electron chi connectivity index (χ0n) is 41.8. The number of amides is 1. The molecule has 0 aliphatic heterocycles. The lowest BCUT2D eigenvalue weighted by molar-refractivity contribution is -0.870. The van der Waals surface area contributed by atoms with Crippen LogP contribution in [0.2, 0.25) is 0 Å². The average molecular weight is 906 g/mol. The number of phosphoric ester groups is 1. The molecule has 0 saturated carbocycles. The zero-order chi connectivity index (χ0) is 46.4. The number of likely N-dealkylation sites (N-methyl/N-ethyl adjacent to an activating group) is 1. The Labute approximate surface area is 390 Å². The average Bonchev–Trinajstić information content (AvgIpc) is 3.24. The number of aliphatic hydroxyl groups is 1. The van der Waals surface area contributed by atoms with Gasteiger partial charge in [-0.3, -0.25) is 13.8 Å². The van der Waals surface area contributed by atoms with Gasteiger partial charge in [0.15, 0.2) is 0 Å². The van der Waals surface area contributed by atoms with E-state index in [1.807, 2.05) is 21.1 Å². The Morgan fingerprint density at radius 1 is 0.556 bits per heavy atom. The summed E-state index contributed by atoms with van der Waals surface area (Å²) in [5.41, 5.74) is 0. The first kappa shape index (κ1) is 61.2. The van der Waals surface area contributed by atoms with Crippen molar-refractivity contribution in [1.82, 2.24) is 5.32 Å². The van der Waals surface area contributed by atoms with E-state index in [1.165, 1.54) is 122 Å². The standard InChI is InChI=1S/C54H101N2O6P/c1-6-8-10-12-14-16-18-20-22-24-26-27-28-30-31-33-35-37-39-41-43-45-47-53(57)52(51-62-63(59,60)61-50-49-56(3,4)5)55-54(58)48-46-44-42-40-38-36-34-32-29-25-23-21-19-17-15-13-11-9-7-2/h9,11,15,17,21,23,29,32,36,38,52-53,57H,6-8,10,12-14,16,18-20,22,24-28,30-31,33-35,37,39-51H2,1-5H3,(H-,55,58,59,60)/p+1/b11-9-,17-15-,23-21-,32-29-,38-36-. The molecule has 63 heavy (non-hydrogen) atoms. The van der Waals surface area contributed by atoms with Crippen LogP contribution in [0, 0.1) is 0 Å². The van der Waals surface area contributed by atoms with Gasteiger partial charge in [0.05, 0.1) is 39.9 Å². The van der Waals surface area contributed by atoms with Gasteiger partial charge < -0.3 is 19.8 Å². The fourth-order valence-electron chi connectivity index (χ4n) is 7.43. The maximum Gasteiger partial charge on any atom is 0.472 e. The van der Waals surface area contributed by atoms with E-state index >= 15 is 0 Å². The Kier molecular flexibility index (Phi) is 44.1. The van der Waals surface area contributed by atoms with Crippen molar-refractivity contribution in [3.05, 3.63) is 60.8 Å². The Bertz CT molecular complexity index is 1210. The third-order valence-electron chi connectivity index (χ3n) is 11.5. The fraction of sp³-hybridized carbons (Fsp3) is 0.796. The first-order valence-electron chi connectivity index (χ1n) is 26.2. The fourth-order valence-corrected chi connectivity index (χ4v) is 8.16. The normalized spacial score (nSPS) is 14.6. The summed E-state index contributed by atoms with van der Waals surface area (Å²) in [4.78, 5) is 23.3. The highest BCUT2D eigenvalue weighted by atomic mass is 31.2. The molecule has 0 fully saturated rings. The van der Waals surface area contributed by atoms with Crippen molar-refractivity contribution >= 4 is 13.7 Å². The van der Waals surface area contributed by atoms with Crippen LogP contribution >= 0.6 is 7.82 Å². The highest BCUT2D eigenvalue weighted by molar-refractivity contribution is 7.47. The van der Waals surface area contributed by atoms with E-state index in [2.05, 4.69) is 79.9 Å². The smallest absolute Gasteiger partial charge is 0.391 e. The van der Waals surface area contributed by atoms with E-state index in [1.54, 1.807) is 0 Å². The lowest BCUT2D eigenvalue weighted by Gasteiger charge is -2.26. The number of hydrogen-bond acceptors (Lipinski definition) is 5. The SMILES string of the molecule is CC/C=C\C/C=C\C/C=C\C/C=C\C/C=C\CCCCCC(=O)NC(COP(=O)(O)OCC[N+](C)(C)C)C(O)CCCCCCCCCCCCCCCCCCCCCCCC. The summed E-state index contributed by atoms with van der Waals surface area (Å²) in [5, 5.41) is 14.0. The molecule has 0 spiro atoms. The number of carbonyl (C=O) groups is 1. The molecule has 0 aromatic rings. The summed E-state index contributed by atoms with van der Waals surface area (Å²) in [6.45, 7) is 4.76. The summed E-state index contributed by atoms with van der Waals surface area (Å²) in [5.74, 6) is -0.176. The molecule has 368 valence electrons. The van der Waals surface area contributed by atoms with Crippen molar-refractivity contribution in [3.8, 4) is 0 Å². The molecule has 0 aliphatic rings. The number of phosphoric acid groups is 1. The molecule has 9 heteroatoms. The zero-order valence-corrected chi connectivity index (χ0v) is 42.7. The molecule has 0 aliphatic carbocycles. The molecule has 3 unspecified atom stereocenters.